The van der Waals surface area contributed by atoms with Crippen LogP contribution in [0.5, 0.6) is 0 Å². The summed E-state index contributed by atoms with van der Waals surface area (Å²) in [5.41, 5.74) is 2.48. The third-order valence-corrected chi connectivity index (χ3v) is 5.35. The second-order valence-electron chi connectivity index (χ2n) is 6.76. The maximum absolute atomic E-state index is 13.2. The van der Waals surface area contributed by atoms with Crippen LogP contribution < -0.4 is 4.90 Å². The highest BCUT2D eigenvalue weighted by Gasteiger charge is 2.38. The molecule has 6 nitrogen and oxygen atoms in total. The standard InChI is InChI=1S/C22H15Cl2N3O3/c23-15-3-7-17(8-4-15)25-20-13-21(14-1-9-19(10-2-14)27(29)30)26(22(20)28)18-11-5-16(24)6-12-18/h1-12,21H,13H2. The van der Waals surface area contributed by atoms with Gasteiger partial charge in [0.05, 0.1) is 16.7 Å². The van der Waals surface area contributed by atoms with Crippen molar-refractivity contribution in [1.29, 1.82) is 0 Å². The largest absolute Gasteiger partial charge is 0.299 e. The molecule has 8 heteroatoms. The van der Waals surface area contributed by atoms with Gasteiger partial charge in [0.15, 0.2) is 0 Å². The number of amides is 1. The second-order valence-corrected chi connectivity index (χ2v) is 7.63. The molecule has 0 N–H and O–H groups in total. The summed E-state index contributed by atoms with van der Waals surface area (Å²) in [5, 5.41) is 12.1. The maximum atomic E-state index is 13.2. The third-order valence-electron chi connectivity index (χ3n) is 4.85. The van der Waals surface area contributed by atoms with Gasteiger partial charge in [0.2, 0.25) is 0 Å². The molecular weight excluding hydrogens is 425 g/mol. The first-order valence-corrected chi connectivity index (χ1v) is 9.84. The summed E-state index contributed by atoms with van der Waals surface area (Å²) in [6, 6.07) is 19.8. The van der Waals surface area contributed by atoms with Crippen molar-refractivity contribution in [1.82, 2.24) is 0 Å². The molecule has 0 spiro atoms. The molecule has 0 aliphatic carbocycles. The molecule has 0 bridgehead atoms. The van der Waals surface area contributed by atoms with E-state index in [0.29, 0.717) is 33.6 Å². The number of rotatable bonds is 4. The summed E-state index contributed by atoms with van der Waals surface area (Å²) in [5.74, 6) is -0.226. The Hall–Kier alpha value is -3.22. The molecule has 1 amide bonds. The van der Waals surface area contributed by atoms with Crippen LogP contribution in [0.1, 0.15) is 18.0 Å². The molecule has 1 saturated heterocycles. The molecule has 30 heavy (non-hydrogen) atoms. The van der Waals surface area contributed by atoms with Crippen LogP contribution in [0.25, 0.3) is 0 Å². The van der Waals surface area contributed by atoms with Gasteiger partial charge >= 0.3 is 0 Å². The lowest BCUT2D eigenvalue weighted by Gasteiger charge is -2.24. The number of carbonyl (C=O) groups excluding carboxylic acids is 1. The van der Waals surface area contributed by atoms with Crippen molar-refractivity contribution in [2.24, 2.45) is 4.99 Å². The smallest absolute Gasteiger partial charge is 0.273 e. The van der Waals surface area contributed by atoms with E-state index in [1.807, 2.05) is 0 Å². The average molecular weight is 440 g/mol. The van der Waals surface area contributed by atoms with Gasteiger partial charge in [-0.3, -0.25) is 19.8 Å². The third kappa shape index (κ3) is 4.06. The van der Waals surface area contributed by atoms with Crippen LogP contribution in [0.4, 0.5) is 17.1 Å². The summed E-state index contributed by atoms with van der Waals surface area (Å²) in [6.45, 7) is 0. The van der Waals surface area contributed by atoms with Crippen molar-refractivity contribution in [3.05, 3.63) is 98.5 Å². The molecule has 1 atom stereocenters. The van der Waals surface area contributed by atoms with Crippen LogP contribution >= 0.6 is 23.2 Å². The number of hydrogen-bond donors (Lipinski definition) is 0. The molecule has 1 aliphatic rings. The first-order chi connectivity index (χ1) is 14.4. The molecule has 1 unspecified atom stereocenters. The van der Waals surface area contributed by atoms with Gasteiger partial charge in [0.25, 0.3) is 11.6 Å². The van der Waals surface area contributed by atoms with E-state index in [1.165, 1.54) is 12.1 Å². The summed E-state index contributed by atoms with van der Waals surface area (Å²) in [6.07, 6.45) is 0.363. The minimum absolute atomic E-state index is 0.00355. The number of hydrogen-bond acceptors (Lipinski definition) is 4. The van der Waals surface area contributed by atoms with E-state index in [4.69, 9.17) is 23.2 Å². The van der Waals surface area contributed by atoms with E-state index in [1.54, 1.807) is 65.6 Å². The molecule has 1 fully saturated rings. The van der Waals surface area contributed by atoms with Gasteiger partial charge in [-0.15, -0.1) is 0 Å². The number of carbonyl (C=O) groups is 1. The lowest BCUT2D eigenvalue weighted by molar-refractivity contribution is -0.384. The lowest BCUT2D eigenvalue weighted by atomic mass is 10.0. The Morgan fingerprint density at radius 3 is 2.03 bits per heavy atom. The Kier molecular flexibility index (Phi) is 5.53. The van der Waals surface area contributed by atoms with Crippen LogP contribution in [0.15, 0.2) is 77.8 Å². The van der Waals surface area contributed by atoms with Crippen molar-refractivity contribution in [3.8, 4) is 0 Å². The van der Waals surface area contributed by atoms with Gasteiger partial charge in [-0.1, -0.05) is 35.3 Å². The Bertz CT molecular complexity index is 1130. The number of non-ortho nitro benzene ring substituents is 1. The van der Waals surface area contributed by atoms with Gasteiger partial charge in [-0.05, 0) is 54.1 Å². The molecule has 0 aromatic heterocycles. The highest BCUT2D eigenvalue weighted by molar-refractivity contribution is 6.46. The number of anilines is 1. The molecule has 150 valence electrons. The fourth-order valence-corrected chi connectivity index (χ4v) is 3.64. The predicted molar refractivity (Wildman–Crippen MR) is 118 cm³/mol. The molecule has 3 aromatic rings. The van der Waals surface area contributed by atoms with E-state index in [2.05, 4.69) is 4.99 Å². The van der Waals surface area contributed by atoms with Crippen molar-refractivity contribution >= 4 is 51.9 Å². The number of halogens is 2. The number of benzene rings is 3. The second kappa shape index (κ2) is 8.26. The molecule has 3 aromatic carbocycles. The van der Waals surface area contributed by atoms with Gasteiger partial charge in [0.1, 0.15) is 5.71 Å². The monoisotopic (exact) mass is 439 g/mol. The zero-order valence-corrected chi connectivity index (χ0v) is 17.0. The molecule has 0 saturated carbocycles. The van der Waals surface area contributed by atoms with Gasteiger partial charge in [0, 0.05) is 34.3 Å². The highest BCUT2D eigenvalue weighted by atomic mass is 35.5. The quantitative estimate of drug-likeness (QED) is 0.361. The Labute approximate surface area is 182 Å². The zero-order chi connectivity index (χ0) is 21.3. The minimum atomic E-state index is -0.450. The minimum Gasteiger partial charge on any atom is -0.299 e. The summed E-state index contributed by atoms with van der Waals surface area (Å²) in [7, 11) is 0. The van der Waals surface area contributed by atoms with Crippen molar-refractivity contribution in [2.45, 2.75) is 12.5 Å². The van der Waals surface area contributed by atoms with Crippen LogP contribution in [-0.2, 0) is 4.79 Å². The average Bonchev–Trinajstić information content (AvgIpc) is 3.06. The van der Waals surface area contributed by atoms with E-state index in [-0.39, 0.29) is 17.6 Å². The molecule has 0 radical (unpaired) electrons. The Morgan fingerprint density at radius 2 is 1.47 bits per heavy atom. The Balaban J connectivity index is 1.75. The molecule has 4 rings (SSSR count). The fourth-order valence-electron chi connectivity index (χ4n) is 3.39. The highest BCUT2D eigenvalue weighted by Crippen LogP contribution is 2.37. The van der Waals surface area contributed by atoms with Gasteiger partial charge in [-0.2, -0.15) is 0 Å². The molecular formula is C22H15Cl2N3O3. The van der Waals surface area contributed by atoms with Crippen LogP contribution in [0.3, 0.4) is 0 Å². The number of nitro benzene ring substituents is 1. The number of nitro groups is 1. The maximum Gasteiger partial charge on any atom is 0.273 e. The Morgan fingerprint density at radius 1 is 0.900 bits per heavy atom. The first kappa shape index (κ1) is 20.1. The van der Waals surface area contributed by atoms with Crippen LogP contribution in [0.2, 0.25) is 10.0 Å². The van der Waals surface area contributed by atoms with Crippen molar-refractivity contribution in [2.75, 3.05) is 4.90 Å². The zero-order valence-electron chi connectivity index (χ0n) is 15.5. The first-order valence-electron chi connectivity index (χ1n) is 9.09. The van der Waals surface area contributed by atoms with Crippen LogP contribution in [0, 0.1) is 10.1 Å². The summed E-state index contributed by atoms with van der Waals surface area (Å²) in [4.78, 5) is 30.0. The van der Waals surface area contributed by atoms with E-state index < -0.39 is 4.92 Å². The normalized spacial score (nSPS) is 17.5. The van der Waals surface area contributed by atoms with Gasteiger partial charge < -0.3 is 0 Å². The predicted octanol–water partition coefficient (Wildman–Crippen LogP) is 6.15. The van der Waals surface area contributed by atoms with E-state index in [0.717, 1.165) is 5.56 Å². The van der Waals surface area contributed by atoms with Gasteiger partial charge in [-0.25, -0.2) is 4.99 Å². The van der Waals surface area contributed by atoms with Crippen molar-refractivity contribution < 1.29 is 9.72 Å². The van der Waals surface area contributed by atoms with Crippen LogP contribution in [-0.4, -0.2) is 16.5 Å². The number of nitrogens with zero attached hydrogens (tertiary/aromatic N) is 3. The summed E-state index contributed by atoms with van der Waals surface area (Å²) >= 11 is 11.9. The topological polar surface area (TPSA) is 75.8 Å². The summed E-state index contributed by atoms with van der Waals surface area (Å²) < 4.78 is 0. The van der Waals surface area contributed by atoms with E-state index in [9.17, 15) is 14.9 Å². The lowest BCUT2D eigenvalue weighted by Crippen LogP contribution is -2.29. The SMILES string of the molecule is O=C1C(=Nc2ccc(Cl)cc2)CC(c2ccc([N+](=O)[O-])cc2)N1c1ccc(Cl)cc1. The fraction of sp³-hybridized carbons (Fsp3) is 0.0909. The molecule has 1 heterocycles. The van der Waals surface area contributed by atoms with Crippen molar-refractivity contribution in [3.63, 3.8) is 0 Å². The van der Waals surface area contributed by atoms with E-state index >= 15 is 0 Å². The molecule has 1 aliphatic heterocycles. The number of aliphatic imine (C=N–C) groups is 1.